The third-order valence-corrected chi connectivity index (χ3v) is 4.87. The van der Waals surface area contributed by atoms with Gasteiger partial charge in [-0.2, -0.15) is 0 Å². The van der Waals surface area contributed by atoms with E-state index in [0.717, 1.165) is 16.6 Å². The molecule has 1 rings (SSSR count). The number of sulfonamides is 1. The van der Waals surface area contributed by atoms with Crippen LogP contribution in [0.5, 0.6) is 0 Å². The van der Waals surface area contributed by atoms with Crippen molar-refractivity contribution in [1.29, 1.82) is 0 Å². The number of nitro groups is 1. The van der Waals surface area contributed by atoms with Crippen LogP contribution in [0.4, 0.5) is 11.4 Å². The van der Waals surface area contributed by atoms with E-state index >= 15 is 0 Å². The van der Waals surface area contributed by atoms with E-state index in [2.05, 4.69) is 5.32 Å². The smallest absolute Gasteiger partial charge is 0.271 e. The van der Waals surface area contributed by atoms with Gasteiger partial charge in [0.15, 0.2) is 0 Å². The average molecular weight is 357 g/mol. The van der Waals surface area contributed by atoms with E-state index in [9.17, 15) is 23.3 Å². The molecule has 0 saturated carbocycles. The average Bonchev–Trinajstić information content (AvgIpc) is 2.44. The Labute approximate surface area is 142 Å². The number of carbonyl (C=O) groups is 1. The molecule has 0 bridgehead atoms. The van der Waals surface area contributed by atoms with E-state index in [1.165, 1.54) is 12.1 Å². The van der Waals surface area contributed by atoms with Crippen LogP contribution in [0, 0.1) is 23.0 Å². The highest BCUT2D eigenvalue weighted by molar-refractivity contribution is 7.92. The number of carbonyl (C=O) groups excluding carboxylic acids is 1. The highest BCUT2D eigenvalue weighted by atomic mass is 32.2. The third-order valence-electron chi connectivity index (χ3n) is 3.75. The minimum absolute atomic E-state index is 0.120. The molecule has 0 spiro atoms. The van der Waals surface area contributed by atoms with Gasteiger partial charge >= 0.3 is 0 Å². The number of nitrogens with zero attached hydrogens (tertiary/aromatic N) is 2. The number of hydrogen-bond acceptors (Lipinski definition) is 5. The zero-order valence-electron chi connectivity index (χ0n) is 14.4. The maximum Gasteiger partial charge on any atom is 0.271 e. The molecule has 24 heavy (non-hydrogen) atoms. The molecule has 0 aliphatic heterocycles. The molecule has 8 nitrogen and oxygen atoms in total. The first-order valence-corrected chi connectivity index (χ1v) is 9.30. The van der Waals surface area contributed by atoms with Gasteiger partial charge in [0.2, 0.25) is 15.9 Å². The number of benzene rings is 1. The number of aryl methyl sites for hydroxylation is 1. The Morgan fingerprint density at radius 1 is 1.33 bits per heavy atom. The van der Waals surface area contributed by atoms with Gasteiger partial charge in [-0.05, 0) is 25.3 Å². The number of rotatable bonds is 7. The largest absolute Gasteiger partial charge is 0.352 e. The van der Waals surface area contributed by atoms with Gasteiger partial charge < -0.3 is 5.32 Å². The number of anilines is 1. The molecule has 9 heteroatoms. The lowest BCUT2D eigenvalue weighted by molar-refractivity contribution is -0.384. The van der Waals surface area contributed by atoms with Crippen LogP contribution in [-0.4, -0.2) is 38.1 Å². The number of non-ortho nitro benzene ring substituents is 1. The van der Waals surface area contributed by atoms with Gasteiger partial charge in [0, 0.05) is 18.2 Å². The quantitative estimate of drug-likeness (QED) is 0.591. The fraction of sp³-hybridized carbons (Fsp3) is 0.533. The number of hydrogen-bond donors (Lipinski definition) is 1. The maximum atomic E-state index is 12.2. The lowest BCUT2D eigenvalue weighted by atomic mass is 10.1. The van der Waals surface area contributed by atoms with Crippen molar-refractivity contribution in [3.05, 3.63) is 33.9 Å². The van der Waals surface area contributed by atoms with Crippen molar-refractivity contribution in [1.82, 2.24) is 5.32 Å². The lowest BCUT2D eigenvalue weighted by Gasteiger charge is -2.25. The molecule has 134 valence electrons. The lowest BCUT2D eigenvalue weighted by Crippen LogP contribution is -2.44. The molecule has 0 aromatic heterocycles. The molecule has 1 aromatic rings. The van der Waals surface area contributed by atoms with Crippen molar-refractivity contribution in [3.63, 3.8) is 0 Å². The summed E-state index contributed by atoms with van der Waals surface area (Å²) in [6.07, 6.45) is 0.963. The molecule has 0 heterocycles. The van der Waals surface area contributed by atoms with Crippen LogP contribution in [-0.2, 0) is 14.8 Å². The topological polar surface area (TPSA) is 110 Å². The Morgan fingerprint density at radius 3 is 2.38 bits per heavy atom. The Hall–Kier alpha value is -2.16. The molecule has 0 aliphatic carbocycles. The van der Waals surface area contributed by atoms with E-state index in [-0.39, 0.29) is 23.3 Å². The van der Waals surface area contributed by atoms with Crippen LogP contribution >= 0.6 is 0 Å². The number of nitro benzene ring substituents is 1. The molecule has 0 radical (unpaired) electrons. The van der Waals surface area contributed by atoms with Crippen molar-refractivity contribution in [2.24, 2.45) is 5.92 Å². The summed E-state index contributed by atoms with van der Waals surface area (Å²) in [4.78, 5) is 22.5. The first-order chi connectivity index (χ1) is 10.9. The van der Waals surface area contributed by atoms with Crippen molar-refractivity contribution in [2.75, 3.05) is 17.1 Å². The summed E-state index contributed by atoms with van der Waals surface area (Å²) in [6.45, 7) is 6.89. The Kier molecular flexibility index (Phi) is 6.30. The van der Waals surface area contributed by atoms with Gasteiger partial charge in [0.1, 0.15) is 6.54 Å². The standard InChI is InChI=1S/C15H23N3O5S/c1-10(2)12(4)16-15(19)9-17(24(5,22)23)14-8-13(18(20)21)7-6-11(14)3/h6-8,10,12H,9H2,1-5H3,(H,16,19). The fourth-order valence-corrected chi connectivity index (χ4v) is 2.86. The first kappa shape index (κ1) is 19.9. The molecule has 1 unspecified atom stereocenters. The zero-order chi connectivity index (χ0) is 18.7. The van der Waals surface area contributed by atoms with Crippen molar-refractivity contribution in [3.8, 4) is 0 Å². The predicted octanol–water partition coefficient (Wildman–Crippen LogP) is 1.83. The second kappa shape index (κ2) is 7.61. The van der Waals surface area contributed by atoms with E-state index in [1.54, 1.807) is 6.92 Å². The van der Waals surface area contributed by atoms with Gasteiger partial charge in [-0.15, -0.1) is 0 Å². The SMILES string of the molecule is Cc1ccc([N+](=O)[O-])cc1N(CC(=O)NC(C)C(C)C)S(C)(=O)=O. The number of amides is 1. The zero-order valence-corrected chi connectivity index (χ0v) is 15.3. The molecule has 1 atom stereocenters. The molecule has 0 fully saturated rings. The predicted molar refractivity (Wildman–Crippen MR) is 92.5 cm³/mol. The van der Waals surface area contributed by atoms with Crippen molar-refractivity contribution in [2.45, 2.75) is 33.7 Å². The first-order valence-electron chi connectivity index (χ1n) is 7.45. The third kappa shape index (κ3) is 5.19. The minimum Gasteiger partial charge on any atom is -0.352 e. The van der Waals surface area contributed by atoms with Gasteiger partial charge in [-0.1, -0.05) is 19.9 Å². The molecule has 1 aromatic carbocycles. The number of nitrogens with one attached hydrogen (secondary N) is 1. The van der Waals surface area contributed by atoms with Gasteiger partial charge in [-0.25, -0.2) is 8.42 Å². The second-order valence-electron chi connectivity index (χ2n) is 6.10. The van der Waals surface area contributed by atoms with Gasteiger partial charge in [0.05, 0.1) is 16.9 Å². The summed E-state index contributed by atoms with van der Waals surface area (Å²) >= 11 is 0. The van der Waals surface area contributed by atoms with E-state index in [1.807, 2.05) is 20.8 Å². The molecule has 1 amide bonds. The minimum atomic E-state index is -3.78. The molecular weight excluding hydrogens is 334 g/mol. The monoisotopic (exact) mass is 357 g/mol. The highest BCUT2D eigenvalue weighted by Crippen LogP contribution is 2.27. The molecule has 1 N–H and O–H groups in total. The van der Waals surface area contributed by atoms with E-state index in [0.29, 0.717) is 5.56 Å². The fourth-order valence-electron chi connectivity index (χ4n) is 1.96. The highest BCUT2D eigenvalue weighted by Gasteiger charge is 2.25. The van der Waals surface area contributed by atoms with E-state index in [4.69, 9.17) is 0 Å². The van der Waals surface area contributed by atoms with Crippen LogP contribution in [0.25, 0.3) is 0 Å². The van der Waals surface area contributed by atoms with Gasteiger partial charge in [0.25, 0.3) is 5.69 Å². The van der Waals surface area contributed by atoms with Crippen LogP contribution in [0.1, 0.15) is 26.3 Å². The summed E-state index contributed by atoms with van der Waals surface area (Å²) in [5.74, 6) is -0.271. The van der Waals surface area contributed by atoms with Crippen LogP contribution < -0.4 is 9.62 Å². The summed E-state index contributed by atoms with van der Waals surface area (Å²) in [5, 5.41) is 13.7. The van der Waals surface area contributed by atoms with Crippen molar-refractivity contribution < 1.29 is 18.1 Å². The van der Waals surface area contributed by atoms with E-state index < -0.39 is 27.4 Å². The van der Waals surface area contributed by atoms with Crippen LogP contribution in [0.15, 0.2) is 18.2 Å². The van der Waals surface area contributed by atoms with Gasteiger partial charge in [-0.3, -0.25) is 19.2 Å². The Morgan fingerprint density at radius 2 is 1.92 bits per heavy atom. The van der Waals surface area contributed by atoms with Crippen LogP contribution in [0.2, 0.25) is 0 Å². The summed E-state index contributed by atoms with van der Waals surface area (Å²) in [6, 6.07) is 3.79. The summed E-state index contributed by atoms with van der Waals surface area (Å²) in [7, 11) is -3.78. The summed E-state index contributed by atoms with van der Waals surface area (Å²) in [5.41, 5.74) is 0.412. The second-order valence-corrected chi connectivity index (χ2v) is 8.00. The Balaban J connectivity index is 3.19. The van der Waals surface area contributed by atoms with Crippen LogP contribution in [0.3, 0.4) is 0 Å². The normalized spacial score (nSPS) is 12.8. The van der Waals surface area contributed by atoms with Crippen molar-refractivity contribution >= 4 is 27.3 Å². The maximum absolute atomic E-state index is 12.2. The summed E-state index contributed by atoms with van der Waals surface area (Å²) < 4.78 is 25.1. The Bertz CT molecular complexity index is 731. The molecular formula is C15H23N3O5S. The molecule has 0 aliphatic rings. The molecule has 0 saturated heterocycles.